The van der Waals surface area contributed by atoms with Gasteiger partial charge in [0.25, 0.3) is 0 Å². The fourth-order valence-electron chi connectivity index (χ4n) is 3.50. The number of methoxy groups -OCH3 is 1. The molecule has 2 N–H and O–H groups in total. The van der Waals surface area contributed by atoms with Crippen LogP contribution in [0.1, 0.15) is 54.5 Å². The predicted octanol–water partition coefficient (Wildman–Crippen LogP) is 4.23. The van der Waals surface area contributed by atoms with Gasteiger partial charge in [-0.15, -0.1) is 0 Å². The molecule has 1 unspecified atom stereocenters. The number of ether oxygens (including phenoxy) is 1. The van der Waals surface area contributed by atoms with Crippen molar-refractivity contribution in [3.05, 3.63) is 76.4 Å². The number of aliphatic hydroxyl groups is 2. The predicted molar refractivity (Wildman–Crippen MR) is 132 cm³/mol. The van der Waals surface area contributed by atoms with Gasteiger partial charge in [-0.3, -0.25) is 9.59 Å². The molecule has 0 aliphatic rings. The third-order valence-corrected chi connectivity index (χ3v) is 5.92. The number of carbonyl (C=O) groups excluding carboxylic acids is 3. The van der Waals surface area contributed by atoms with Crippen LogP contribution in [-0.4, -0.2) is 34.7 Å². The molecule has 2 aromatic carbocycles. The highest BCUT2D eigenvalue weighted by Gasteiger charge is 2.37. The minimum absolute atomic E-state index is 0.0945. The first-order chi connectivity index (χ1) is 16.1. The van der Waals surface area contributed by atoms with Crippen LogP contribution in [0.3, 0.4) is 0 Å². The first kappa shape index (κ1) is 26.9. The van der Waals surface area contributed by atoms with Gasteiger partial charge in [-0.25, -0.2) is 0 Å². The summed E-state index contributed by atoms with van der Waals surface area (Å²) in [7, 11) is 1.58. The number of rotatable bonds is 12. The molecule has 0 fully saturated rings. The average Bonchev–Trinajstić information content (AvgIpc) is 2.84. The normalized spacial score (nSPS) is 13.2. The molecule has 2 aromatic rings. The van der Waals surface area contributed by atoms with Crippen LogP contribution in [0.5, 0.6) is 5.75 Å². The van der Waals surface area contributed by atoms with Gasteiger partial charge in [0.05, 0.1) is 25.7 Å². The van der Waals surface area contributed by atoms with Gasteiger partial charge in [-0.1, -0.05) is 36.4 Å². The molecule has 6 nitrogen and oxygen atoms in total. The van der Waals surface area contributed by atoms with E-state index < -0.39 is 17.0 Å². The van der Waals surface area contributed by atoms with Crippen molar-refractivity contribution >= 4 is 29.5 Å². The molecule has 0 heterocycles. The van der Waals surface area contributed by atoms with E-state index >= 15 is 0 Å². The molecule has 34 heavy (non-hydrogen) atoms. The van der Waals surface area contributed by atoms with Gasteiger partial charge in [-0.2, -0.15) is 0 Å². The molecule has 0 bridgehead atoms. The second kappa shape index (κ2) is 12.2. The summed E-state index contributed by atoms with van der Waals surface area (Å²) in [4.78, 5) is 37.9. The average molecular weight is 465 g/mol. The van der Waals surface area contributed by atoms with Crippen molar-refractivity contribution in [3.63, 3.8) is 0 Å². The molecule has 0 spiro atoms. The number of ketones is 3. The molecule has 0 radical (unpaired) electrons. The molecule has 0 aliphatic carbocycles. The summed E-state index contributed by atoms with van der Waals surface area (Å²) in [6.45, 7) is 4.46. The summed E-state index contributed by atoms with van der Waals surface area (Å²) >= 11 is 0. The zero-order valence-electron chi connectivity index (χ0n) is 20.1. The lowest BCUT2D eigenvalue weighted by Gasteiger charge is -2.23. The first-order valence-electron chi connectivity index (χ1n) is 11.1. The van der Waals surface area contributed by atoms with Crippen molar-refractivity contribution in [3.8, 4) is 5.75 Å². The molecule has 180 valence electrons. The van der Waals surface area contributed by atoms with E-state index in [1.54, 1.807) is 44.4 Å². The minimum atomic E-state index is -1.40. The van der Waals surface area contributed by atoms with E-state index in [4.69, 9.17) is 4.74 Å². The van der Waals surface area contributed by atoms with E-state index in [9.17, 15) is 24.6 Å². The monoisotopic (exact) mass is 464 g/mol. The maximum atomic E-state index is 13.2. The summed E-state index contributed by atoms with van der Waals surface area (Å²) in [5, 5.41) is 18.8. The number of aliphatic hydroxyl groups excluding tert-OH is 2. The summed E-state index contributed by atoms with van der Waals surface area (Å²) in [6, 6.07) is 10.6. The van der Waals surface area contributed by atoms with Crippen LogP contribution in [0, 0.1) is 12.3 Å². The minimum Gasteiger partial charge on any atom is -0.496 e. The summed E-state index contributed by atoms with van der Waals surface area (Å²) in [5.41, 5.74) is 2.13. The van der Waals surface area contributed by atoms with Gasteiger partial charge in [0.15, 0.2) is 11.6 Å². The lowest BCUT2D eigenvalue weighted by molar-refractivity contribution is -0.134. The Kier molecular flexibility index (Phi) is 9.66. The van der Waals surface area contributed by atoms with Crippen LogP contribution in [0.25, 0.3) is 12.2 Å². The Morgan fingerprint density at radius 1 is 0.912 bits per heavy atom. The number of aryl methyl sites for hydroxylation is 1. The Bertz CT molecular complexity index is 1110. The fraction of sp³-hybridized carbons (Fsp3) is 0.321. The molecule has 0 aromatic heterocycles. The maximum absolute atomic E-state index is 13.2. The topological polar surface area (TPSA) is 101 Å². The molecular formula is C28H32O6. The number of carbonyl (C=O) groups is 3. The van der Waals surface area contributed by atoms with Gasteiger partial charge >= 0.3 is 0 Å². The lowest BCUT2D eigenvalue weighted by atomic mass is 9.76. The zero-order chi connectivity index (χ0) is 25.3. The molecule has 2 rings (SSSR count). The standard InChI is InChI=1S/C28H32O6/c1-19-5-6-22(16-25(19)34-4)9-12-27(33)28(3,14-13-20(2)31)26(32)11-8-21-7-10-23(17-29)24(15-21)18-30/h5-12,15-16,29-30H,13-14,17-18H2,1-4H3/b11-8+,12-9+. The highest BCUT2D eigenvalue weighted by Crippen LogP contribution is 2.29. The Hall–Kier alpha value is -3.35. The second-order valence-corrected chi connectivity index (χ2v) is 8.50. The molecule has 6 heteroatoms. The van der Waals surface area contributed by atoms with Gasteiger partial charge in [0, 0.05) is 6.42 Å². The van der Waals surface area contributed by atoms with E-state index in [-0.39, 0.29) is 31.8 Å². The Labute approximate surface area is 200 Å². The first-order valence-corrected chi connectivity index (χ1v) is 11.1. The number of hydrogen-bond acceptors (Lipinski definition) is 6. The van der Waals surface area contributed by atoms with Crippen LogP contribution in [-0.2, 0) is 27.6 Å². The van der Waals surface area contributed by atoms with Crippen LogP contribution in [0.2, 0.25) is 0 Å². The number of hydrogen-bond donors (Lipinski definition) is 2. The Morgan fingerprint density at radius 3 is 2.00 bits per heavy atom. The van der Waals surface area contributed by atoms with Crippen molar-refractivity contribution in [2.24, 2.45) is 5.41 Å². The smallest absolute Gasteiger partial charge is 0.169 e. The highest BCUT2D eigenvalue weighted by atomic mass is 16.5. The second-order valence-electron chi connectivity index (χ2n) is 8.50. The van der Waals surface area contributed by atoms with Crippen molar-refractivity contribution in [1.29, 1.82) is 0 Å². The van der Waals surface area contributed by atoms with Gasteiger partial charge in [0.2, 0.25) is 0 Å². The van der Waals surface area contributed by atoms with Crippen molar-refractivity contribution in [2.75, 3.05) is 7.11 Å². The summed E-state index contributed by atoms with van der Waals surface area (Å²) in [5.74, 6) is -0.214. The summed E-state index contributed by atoms with van der Waals surface area (Å²) < 4.78 is 5.32. The summed E-state index contributed by atoms with van der Waals surface area (Å²) in [6.07, 6.45) is 6.10. The molecule has 0 saturated carbocycles. The number of allylic oxidation sites excluding steroid dienone is 2. The molecule has 1 atom stereocenters. The zero-order valence-corrected chi connectivity index (χ0v) is 20.1. The van der Waals surface area contributed by atoms with Gasteiger partial charge < -0.3 is 19.7 Å². The SMILES string of the molecule is COc1cc(/C=C/C(=O)C(C)(CCC(C)=O)C(=O)/C=C/c2ccc(CO)c(CO)c2)ccc1C. The largest absolute Gasteiger partial charge is 0.496 e. The quantitative estimate of drug-likeness (QED) is 0.360. The van der Waals surface area contributed by atoms with Gasteiger partial charge in [-0.05, 0) is 79.3 Å². The third kappa shape index (κ3) is 6.83. The lowest BCUT2D eigenvalue weighted by Crippen LogP contribution is -2.35. The number of benzene rings is 2. The molecule has 0 amide bonds. The Morgan fingerprint density at radius 2 is 1.47 bits per heavy atom. The van der Waals surface area contributed by atoms with Crippen LogP contribution in [0.15, 0.2) is 48.6 Å². The molecular weight excluding hydrogens is 432 g/mol. The van der Waals surface area contributed by atoms with Crippen molar-refractivity contribution in [2.45, 2.75) is 46.8 Å². The van der Waals surface area contributed by atoms with Gasteiger partial charge in [0.1, 0.15) is 11.5 Å². The molecule has 0 saturated heterocycles. The van der Waals surface area contributed by atoms with Crippen LogP contribution in [0.4, 0.5) is 0 Å². The van der Waals surface area contributed by atoms with Crippen LogP contribution >= 0.6 is 0 Å². The maximum Gasteiger partial charge on any atom is 0.169 e. The van der Waals surface area contributed by atoms with E-state index in [1.807, 2.05) is 25.1 Å². The van der Waals surface area contributed by atoms with E-state index in [0.717, 1.165) is 11.1 Å². The third-order valence-electron chi connectivity index (χ3n) is 5.92. The van der Waals surface area contributed by atoms with E-state index in [2.05, 4.69) is 0 Å². The fourth-order valence-corrected chi connectivity index (χ4v) is 3.50. The highest BCUT2D eigenvalue weighted by molar-refractivity contribution is 6.17. The Balaban J connectivity index is 2.31. The van der Waals surface area contributed by atoms with Crippen molar-refractivity contribution in [1.82, 2.24) is 0 Å². The number of Topliss-reactive ketones (excluding diaryl/α,β-unsaturated/α-hetero) is 1. The van der Waals surface area contributed by atoms with E-state index in [0.29, 0.717) is 22.4 Å². The van der Waals surface area contributed by atoms with E-state index in [1.165, 1.54) is 19.1 Å². The van der Waals surface area contributed by atoms with Crippen molar-refractivity contribution < 1.29 is 29.3 Å². The molecule has 0 aliphatic heterocycles. The van der Waals surface area contributed by atoms with Crippen LogP contribution < -0.4 is 4.74 Å².